The quantitative estimate of drug-likeness (QED) is 0.217. The van der Waals surface area contributed by atoms with Crippen LogP contribution < -0.4 is 5.32 Å². The van der Waals surface area contributed by atoms with Crippen molar-refractivity contribution in [3.05, 3.63) is 101 Å². The molecular weight excluding hydrogens is 549 g/mol. The first kappa shape index (κ1) is 27.7. The molecule has 206 valence electrons. The zero-order valence-electron chi connectivity index (χ0n) is 21.7. The van der Waals surface area contributed by atoms with Crippen molar-refractivity contribution < 1.29 is 14.4 Å². The van der Waals surface area contributed by atoms with Crippen LogP contribution in [-0.2, 0) is 33.8 Å². The van der Waals surface area contributed by atoms with Gasteiger partial charge in [0.2, 0.25) is 17.7 Å². The van der Waals surface area contributed by atoms with E-state index in [-0.39, 0.29) is 37.2 Å². The van der Waals surface area contributed by atoms with E-state index in [1.165, 1.54) is 9.80 Å². The SMILES string of the molecule is O=C(CC1C(=O)N(C(Cl)Cc2ccc(Cl)cc2)CC(=O)N1Cc1ccncc1)NCCc1c[nH]c2ccccc12. The van der Waals surface area contributed by atoms with Gasteiger partial charge in [0, 0.05) is 54.0 Å². The average molecular weight is 579 g/mol. The molecule has 2 unspecified atom stereocenters. The van der Waals surface area contributed by atoms with E-state index in [2.05, 4.69) is 15.3 Å². The Balaban J connectivity index is 1.28. The van der Waals surface area contributed by atoms with E-state index in [0.717, 1.165) is 27.6 Å². The molecule has 2 aromatic heterocycles. The third kappa shape index (κ3) is 6.46. The number of benzene rings is 2. The molecule has 40 heavy (non-hydrogen) atoms. The highest BCUT2D eigenvalue weighted by Crippen LogP contribution is 2.24. The van der Waals surface area contributed by atoms with Gasteiger partial charge in [0.15, 0.2) is 0 Å². The fourth-order valence-corrected chi connectivity index (χ4v) is 5.45. The Labute approximate surface area is 242 Å². The number of hydrogen-bond acceptors (Lipinski definition) is 4. The standard InChI is InChI=1S/C30H29Cl2N5O3/c31-23-7-5-20(6-8-23)15-27(32)37-19-29(39)36(18-21-9-12-33-13-10-21)26(30(37)40)16-28(38)34-14-11-22-17-35-25-4-2-1-3-24(22)25/h1-10,12-13,17,26-27,35H,11,14-16,18-19H2,(H,34,38). The first-order chi connectivity index (χ1) is 19.4. The minimum atomic E-state index is -0.978. The van der Waals surface area contributed by atoms with Gasteiger partial charge in [0.05, 0.1) is 6.42 Å². The first-order valence-corrected chi connectivity index (χ1v) is 13.9. The number of halogens is 2. The summed E-state index contributed by atoms with van der Waals surface area (Å²) >= 11 is 12.7. The van der Waals surface area contributed by atoms with E-state index < -0.39 is 11.5 Å². The summed E-state index contributed by atoms with van der Waals surface area (Å²) in [7, 11) is 0. The lowest BCUT2D eigenvalue weighted by Gasteiger charge is -2.41. The molecule has 2 atom stereocenters. The Kier molecular flexibility index (Phi) is 8.67. The molecule has 3 amide bonds. The molecule has 2 aromatic carbocycles. The van der Waals surface area contributed by atoms with Crippen LogP contribution in [0.15, 0.2) is 79.3 Å². The summed E-state index contributed by atoms with van der Waals surface area (Å²) in [5.74, 6) is -0.930. The van der Waals surface area contributed by atoms with Gasteiger partial charge in [0.25, 0.3) is 0 Å². The molecule has 4 aromatic rings. The van der Waals surface area contributed by atoms with Crippen molar-refractivity contribution in [2.45, 2.75) is 37.4 Å². The topological polar surface area (TPSA) is 98.4 Å². The Morgan fingerprint density at radius 3 is 2.58 bits per heavy atom. The van der Waals surface area contributed by atoms with Gasteiger partial charge in [0.1, 0.15) is 18.1 Å². The number of fused-ring (bicyclic) bond motifs is 1. The molecular formula is C30H29Cl2N5O3. The number of carbonyl (C=O) groups is 3. The van der Waals surface area contributed by atoms with Gasteiger partial charge < -0.3 is 20.1 Å². The number of piperazine rings is 1. The highest BCUT2D eigenvalue weighted by molar-refractivity contribution is 6.30. The maximum absolute atomic E-state index is 13.7. The first-order valence-electron chi connectivity index (χ1n) is 13.1. The smallest absolute Gasteiger partial charge is 0.247 e. The molecule has 1 aliphatic rings. The number of rotatable bonds is 10. The van der Waals surface area contributed by atoms with Crippen LogP contribution in [0.2, 0.25) is 5.02 Å². The molecule has 10 heteroatoms. The second-order valence-electron chi connectivity index (χ2n) is 9.79. The van der Waals surface area contributed by atoms with Crippen LogP contribution in [0.4, 0.5) is 0 Å². The van der Waals surface area contributed by atoms with E-state index in [1.807, 2.05) is 42.6 Å². The number of H-pyrrole nitrogens is 1. The Morgan fingerprint density at radius 1 is 1.05 bits per heavy atom. The summed E-state index contributed by atoms with van der Waals surface area (Å²) in [4.78, 5) is 50.2. The number of alkyl halides is 1. The van der Waals surface area contributed by atoms with E-state index in [9.17, 15) is 14.4 Å². The van der Waals surface area contributed by atoms with Crippen molar-refractivity contribution in [1.29, 1.82) is 0 Å². The molecule has 0 saturated carbocycles. The van der Waals surface area contributed by atoms with Crippen molar-refractivity contribution in [2.24, 2.45) is 0 Å². The maximum atomic E-state index is 13.7. The fraction of sp³-hybridized carbons (Fsp3) is 0.267. The second kappa shape index (κ2) is 12.5. The summed E-state index contributed by atoms with van der Waals surface area (Å²) < 4.78 is 0. The number of carbonyl (C=O) groups excluding carboxylic acids is 3. The highest BCUT2D eigenvalue weighted by atomic mass is 35.5. The Morgan fingerprint density at radius 2 is 1.80 bits per heavy atom. The molecule has 1 saturated heterocycles. The highest BCUT2D eigenvalue weighted by Gasteiger charge is 2.42. The van der Waals surface area contributed by atoms with Crippen LogP contribution in [-0.4, -0.2) is 62.1 Å². The third-order valence-electron chi connectivity index (χ3n) is 7.10. The molecule has 1 fully saturated rings. The van der Waals surface area contributed by atoms with Crippen LogP contribution in [0.1, 0.15) is 23.1 Å². The fourth-order valence-electron chi connectivity index (χ4n) is 4.98. The van der Waals surface area contributed by atoms with Gasteiger partial charge >= 0.3 is 0 Å². The van der Waals surface area contributed by atoms with Crippen LogP contribution in [0.5, 0.6) is 0 Å². The van der Waals surface area contributed by atoms with Crippen molar-refractivity contribution in [3.63, 3.8) is 0 Å². The number of aromatic amines is 1. The van der Waals surface area contributed by atoms with Crippen LogP contribution in [0, 0.1) is 0 Å². The molecule has 0 spiro atoms. The molecule has 0 aliphatic carbocycles. The predicted molar refractivity (Wildman–Crippen MR) is 155 cm³/mol. The van der Waals surface area contributed by atoms with E-state index in [4.69, 9.17) is 23.2 Å². The number of pyridine rings is 1. The number of nitrogens with zero attached hydrogens (tertiary/aromatic N) is 3. The van der Waals surface area contributed by atoms with Crippen molar-refractivity contribution in [3.8, 4) is 0 Å². The monoisotopic (exact) mass is 577 g/mol. The molecule has 2 N–H and O–H groups in total. The molecule has 0 radical (unpaired) electrons. The van der Waals surface area contributed by atoms with Gasteiger partial charge in [-0.1, -0.05) is 53.5 Å². The van der Waals surface area contributed by atoms with Crippen molar-refractivity contribution >= 4 is 51.8 Å². The molecule has 0 bridgehead atoms. The summed E-state index contributed by atoms with van der Waals surface area (Å²) in [6, 6.07) is 17.8. The average Bonchev–Trinajstić information content (AvgIpc) is 3.37. The Bertz CT molecular complexity index is 1490. The minimum absolute atomic E-state index is 0.162. The van der Waals surface area contributed by atoms with Gasteiger partial charge in [-0.25, -0.2) is 0 Å². The molecule has 3 heterocycles. The van der Waals surface area contributed by atoms with E-state index in [0.29, 0.717) is 24.4 Å². The number of nitrogens with one attached hydrogen (secondary N) is 2. The largest absolute Gasteiger partial charge is 0.361 e. The summed E-state index contributed by atoms with van der Waals surface area (Å²) in [6.45, 7) is 0.432. The van der Waals surface area contributed by atoms with Gasteiger partial charge in [-0.3, -0.25) is 19.4 Å². The number of amides is 3. The number of hydrogen-bond donors (Lipinski definition) is 2. The minimum Gasteiger partial charge on any atom is -0.361 e. The predicted octanol–water partition coefficient (Wildman–Crippen LogP) is 4.31. The molecule has 8 nitrogen and oxygen atoms in total. The summed E-state index contributed by atoms with van der Waals surface area (Å²) in [5.41, 5.74) is 3.08. The Hall–Kier alpha value is -3.88. The van der Waals surface area contributed by atoms with Crippen LogP contribution in [0.3, 0.4) is 0 Å². The zero-order valence-corrected chi connectivity index (χ0v) is 23.2. The maximum Gasteiger partial charge on any atom is 0.247 e. The zero-order chi connectivity index (χ0) is 28.1. The van der Waals surface area contributed by atoms with Crippen molar-refractivity contribution in [2.75, 3.05) is 13.1 Å². The number of para-hydroxylation sites is 1. The van der Waals surface area contributed by atoms with E-state index >= 15 is 0 Å². The summed E-state index contributed by atoms with van der Waals surface area (Å²) in [5, 5.41) is 4.63. The second-order valence-corrected chi connectivity index (χ2v) is 10.7. The van der Waals surface area contributed by atoms with Crippen LogP contribution >= 0.6 is 23.2 Å². The number of aromatic nitrogens is 2. The molecule has 1 aliphatic heterocycles. The van der Waals surface area contributed by atoms with Crippen molar-refractivity contribution in [1.82, 2.24) is 25.1 Å². The molecule has 5 rings (SSSR count). The van der Waals surface area contributed by atoms with Crippen LogP contribution in [0.25, 0.3) is 10.9 Å². The summed E-state index contributed by atoms with van der Waals surface area (Å²) in [6.07, 6.45) is 6.01. The van der Waals surface area contributed by atoms with Gasteiger partial charge in [-0.05, 0) is 53.4 Å². The third-order valence-corrected chi connectivity index (χ3v) is 7.74. The van der Waals surface area contributed by atoms with E-state index in [1.54, 1.807) is 36.7 Å². The van der Waals surface area contributed by atoms with Gasteiger partial charge in [-0.2, -0.15) is 0 Å². The lowest BCUT2D eigenvalue weighted by atomic mass is 10.0. The van der Waals surface area contributed by atoms with Gasteiger partial charge in [-0.15, -0.1) is 0 Å². The lowest BCUT2D eigenvalue weighted by molar-refractivity contribution is -0.158. The lowest BCUT2D eigenvalue weighted by Crippen LogP contribution is -2.62. The normalized spacial score (nSPS) is 16.4.